The van der Waals surface area contributed by atoms with Crippen LogP contribution in [0.15, 0.2) is 12.1 Å². The summed E-state index contributed by atoms with van der Waals surface area (Å²) in [6.07, 6.45) is 0. The minimum atomic E-state index is -1.25. The molecule has 1 rings (SSSR count). The van der Waals surface area contributed by atoms with E-state index in [0.29, 0.717) is 10.6 Å². The van der Waals surface area contributed by atoms with Gasteiger partial charge in [-0.05, 0) is 26.0 Å². The molecule has 0 saturated heterocycles. The summed E-state index contributed by atoms with van der Waals surface area (Å²) in [4.78, 5) is 0. The molecule has 0 amide bonds. The van der Waals surface area contributed by atoms with Gasteiger partial charge in [0.2, 0.25) is 0 Å². The summed E-state index contributed by atoms with van der Waals surface area (Å²) < 4.78 is 18.7. The molecule has 0 saturated carbocycles. The fourth-order valence-electron chi connectivity index (χ4n) is 1.35. The first-order valence-corrected chi connectivity index (χ1v) is 4.93. The van der Waals surface area contributed by atoms with E-state index in [0.717, 1.165) is 0 Å². The summed E-state index contributed by atoms with van der Waals surface area (Å²) in [6, 6.07) is 2.92. The lowest BCUT2D eigenvalue weighted by molar-refractivity contribution is 0.0738. The first-order chi connectivity index (χ1) is 6.86. The third-order valence-electron chi connectivity index (χ3n) is 2.07. The molecule has 0 atom stereocenters. The third-order valence-corrected chi connectivity index (χ3v) is 2.29. The zero-order valence-corrected chi connectivity index (χ0v) is 9.73. The van der Waals surface area contributed by atoms with Crippen molar-refractivity contribution >= 4 is 11.6 Å². The molecule has 2 nitrogen and oxygen atoms in total. The smallest absolute Gasteiger partial charge is 0.134 e. The van der Waals surface area contributed by atoms with Crippen LogP contribution in [0.25, 0.3) is 0 Å². The maximum Gasteiger partial charge on any atom is 0.134 e. The monoisotopic (exact) mass is 232 g/mol. The Labute approximate surface area is 93.6 Å². The lowest BCUT2D eigenvalue weighted by atomic mass is 9.96. The predicted octanol–water partition coefficient (Wildman–Crippen LogP) is 2.85. The van der Waals surface area contributed by atoms with Gasteiger partial charge in [0.1, 0.15) is 5.82 Å². The van der Waals surface area contributed by atoms with Crippen molar-refractivity contribution in [2.75, 3.05) is 7.11 Å². The highest BCUT2D eigenvalue weighted by atomic mass is 35.5. The number of hydrogen-bond donors (Lipinski definition) is 1. The van der Waals surface area contributed by atoms with Gasteiger partial charge in [-0.3, -0.25) is 0 Å². The van der Waals surface area contributed by atoms with Crippen LogP contribution in [0.1, 0.15) is 25.0 Å². The van der Waals surface area contributed by atoms with E-state index in [2.05, 4.69) is 0 Å². The van der Waals surface area contributed by atoms with Gasteiger partial charge < -0.3 is 9.84 Å². The Morgan fingerprint density at radius 1 is 1.47 bits per heavy atom. The molecule has 0 aliphatic heterocycles. The second-order valence-corrected chi connectivity index (χ2v) is 4.35. The molecular formula is C11H14ClFO2. The molecule has 1 aromatic carbocycles. The van der Waals surface area contributed by atoms with Crippen molar-refractivity contribution in [3.63, 3.8) is 0 Å². The Morgan fingerprint density at radius 2 is 2.07 bits per heavy atom. The Bertz CT molecular complexity index is 358. The first kappa shape index (κ1) is 12.4. The fraction of sp³-hybridized carbons (Fsp3) is 0.455. The number of rotatable bonds is 3. The van der Waals surface area contributed by atoms with Crippen LogP contribution in [-0.2, 0) is 16.9 Å². The molecule has 15 heavy (non-hydrogen) atoms. The highest BCUT2D eigenvalue weighted by molar-refractivity contribution is 6.30. The Balaban J connectivity index is 3.28. The lowest BCUT2D eigenvalue weighted by Gasteiger charge is -2.20. The van der Waals surface area contributed by atoms with Crippen molar-refractivity contribution in [1.82, 2.24) is 0 Å². The molecule has 0 fully saturated rings. The van der Waals surface area contributed by atoms with E-state index in [1.165, 1.54) is 33.1 Å². The number of halogens is 2. The van der Waals surface area contributed by atoms with Gasteiger partial charge in [-0.25, -0.2) is 4.39 Å². The van der Waals surface area contributed by atoms with E-state index in [4.69, 9.17) is 16.3 Å². The van der Waals surface area contributed by atoms with Gasteiger partial charge in [0.15, 0.2) is 0 Å². The zero-order chi connectivity index (χ0) is 11.6. The molecule has 84 valence electrons. The second kappa shape index (κ2) is 4.47. The molecule has 0 spiro atoms. The molecule has 0 heterocycles. The fourth-order valence-corrected chi connectivity index (χ4v) is 1.59. The standard InChI is InChI=1S/C11H14ClFO2/c1-11(2,14)9-5-8(12)4-7(6-15-3)10(9)13/h4-5,14H,6H2,1-3H3. The summed E-state index contributed by atoms with van der Waals surface area (Å²) in [6.45, 7) is 3.16. The maximum absolute atomic E-state index is 13.8. The number of aliphatic hydroxyl groups is 1. The first-order valence-electron chi connectivity index (χ1n) is 4.56. The zero-order valence-electron chi connectivity index (χ0n) is 8.97. The highest BCUT2D eigenvalue weighted by Crippen LogP contribution is 2.28. The summed E-state index contributed by atoms with van der Waals surface area (Å²) in [5.41, 5.74) is -0.721. The van der Waals surface area contributed by atoms with Crippen molar-refractivity contribution in [3.8, 4) is 0 Å². The Morgan fingerprint density at radius 3 is 2.53 bits per heavy atom. The van der Waals surface area contributed by atoms with E-state index in [1.807, 2.05) is 0 Å². The normalized spacial score (nSPS) is 11.9. The molecule has 0 aliphatic rings. The average molecular weight is 233 g/mol. The van der Waals surface area contributed by atoms with Gasteiger partial charge in [0.05, 0.1) is 12.2 Å². The summed E-state index contributed by atoms with van der Waals surface area (Å²) >= 11 is 5.83. The quantitative estimate of drug-likeness (QED) is 0.869. The summed E-state index contributed by atoms with van der Waals surface area (Å²) in [7, 11) is 1.48. The van der Waals surface area contributed by atoms with Crippen LogP contribution in [-0.4, -0.2) is 12.2 Å². The molecule has 0 aliphatic carbocycles. The van der Waals surface area contributed by atoms with Crippen LogP contribution in [0.3, 0.4) is 0 Å². The molecule has 4 heteroatoms. The van der Waals surface area contributed by atoms with E-state index >= 15 is 0 Å². The Kier molecular flexibility index (Phi) is 3.71. The van der Waals surface area contributed by atoms with Crippen LogP contribution in [0.2, 0.25) is 5.02 Å². The molecule has 0 radical (unpaired) electrons. The van der Waals surface area contributed by atoms with Gasteiger partial charge in [-0.15, -0.1) is 0 Å². The van der Waals surface area contributed by atoms with Crippen molar-refractivity contribution in [2.45, 2.75) is 26.1 Å². The van der Waals surface area contributed by atoms with Crippen LogP contribution in [0, 0.1) is 5.82 Å². The minimum Gasteiger partial charge on any atom is -0.386 e. The maximum atomic E-state index is 13.8. The topological polar surface area (TPSA) is 29.5 Å². The average Bonchev–Trinajstić information content (AvgIpc) is 2.09. The van der Waals surface area contributed by atoms with Gasteiger partial charge in [0.25, 0.3) is 0 Å². The van der Waals surface area contributed by atoms with Gasteiger partial charge in [-0.2, -0.15) is 0 Å². The van der Waals surface area contributed by atoms with Crippen molar-refractivity contribution in [2.24, 2.45) is 0 Å². The molecule has 0 unspecified atom stereocenters. The van der Waals surface area contributed by atoms with E-state index in [-0.39, 0.29) is 12.2 Å². The molecule has 0 bridgehead atoms. The predicted molar refractivity (Wildman–Crippen MR) is 57.4 cm³/mol. The number of hydrogen-bond acceptors (Lipinski definition) is 2. The van der Waals surface area contributed by atoms with E-state index in [9.17, 15) is 9.50 Å². The SMILES string of the molecule is COCc1cc(Cl)cc(C(C)(C)O)c1F. The molecular weight excluding hydrogens is 219 g/mol. The van der Waals surface area contributed by atoms with Crippen molar-refractivity contribution < 1.29 is 14.2 Å². The third kappa shape index (κ3) is 2.91. The second-order valence-electron chi connectivity index (χ2n) is 3.92. The highest BCUT2D eigenvalue weighted by Gasteiger charge is 2.23. The van der Waals surface area contributed by atoms with Crippen molar-refractivity contribution in [3.05, 3.63) is 34.1 Å². The van der Waals surface area contributed by atoms with Crippen LogP contribution in [0.5, 0.6) is 0 Å². The van der Waals surface area contributed by atoms with E-state index in [1.54, 1.807) is 0 Å². The van der Waals surface area contributed by atoms with Crippen LogP contribution < -0.4 is 0 Å². The summed E-state index contributed by atoms with van der Waals surface area (Å²) in [5.74, 6) is -0.464. The largest absolute Gasteiger partial charge is 0.386 e. The lowest BCUT2D eigenvalue weighted by Crippen LogP contribution is -2.18. The molecule has 0 aromatic heterocycles. The molecule has 1 aromatic rings. The van der Waals surface area contributed by atoms with Crippen LogP contribution >= 0.6 is 11.6 Å². The van der Waals surface area contributed by atoms with Gasteiger partial charge >= 0.3 is 0 Å². The van der Waals surface area contributed by atoms with Gasteiger partial charge in [0, 0.05) is 23.3 Å². The van der Waals surface area contributed by atoms with Gasteiger partial charge in [-0.1, -0.05) is 11.6 Å². The number of methoxy groups -OCH3 is 1. The summed E-state index contributed by atoms with van der Waals surface area (Å²) in [5, 5.41) is 10.1. The number of benzene rings is 1. The minimum absolute atomic E-state index is 0.134. The Hall–Kier alpha value is -0.640. The number of ether oxygens (including phenoxy) is 1. The molecule has 1 N–H and O–H groups in total. The van der Waals surface area contributed by atoms with Crippen LogP contribution in [0.4, 0.5) is 4.39 Å². The van der Waals surface area contributed by atoms with Crippen molar-refractivity contribution in [1.29, 1.82) is 0 Å². The van der Waals surface area contributed by atoms with E-state index < -0.39 is 11.4 Å².